The molecule has 2 unspecified atom stereocenters. The van der Waals surface area contributed by atoms with E-state index >= 15 is 0 Å². The first-order valence-corrected chi connectivity index (χ1v) is 13.1. The number of fused-ring (bicyclic) bond motifs is 1. The molecule has 172 valence electrons. The fourth-order valence-electron chi connectivity index (χ4n) is 5.09. The van der Waals surface area contributed by atoms with Crippen molar-refractivity contribution in [3.05, 3.63) is 65.2 Å². The van der Waals surface area contributed by atoms with Crippen LogP contribution < -0.4 is 0 Å². The number of hydrogen-bond acceptors (Lipinski definition) is 4. The minimum atomic E-state index is -3.26. The molecule has 6 nitrogen and oxygen atoms in total. The predicted molar refractivity (Wildman–Crippen MR) is 128 cm³/mol. The Morgan fingerprint density at radius 3 is 2.66 bits per heavy atom. The number of hydrogen-bond donors (Lipinski definition) is 0. The summed E-state index contributed by atoms with van der Waals surface area (Å²) in [5.74, 6) is 0.304. The minimum Gasteiger partial charge on any atom is -0.383 e. The van der Waals surface area contributed by atoms with E-state index < -0.39 is 10.0 Å². The van der Waals surface area contributed by atoms with Gasteiger partial charge in [-0.15, -0.1) is 0 Å². The number of benzene rings is 2. The summed E-state index contributed by atoms with van der Waals surface area (Å²) in [5.41, 5.74) is 5.26. The smallest absolute Gasteiger partial charge is 0.212 e. The molecule has 4 rings (SSSR count). The van der Waals surface area contributed by atoms with Gasteiger partial charge in [-0.2, -0.15) is 8.88 Å². The van der Waals surface area contributed by atoms with Crippen LogP contribution in [0.25, 0.3) is 0 Å². The van der Waals surface area contributed by atoms with E-state index in [2.05, 4.69) is 71.1 Å². The van der Waals surface area contributed by atoms with Crippen molar-refractivity contribution in [3.8, 4) is 0 Å². The third-order valence-electron chi connectivity index (χ3n) is 6.56. The van der Waals surface area contributed by atoms with Crippen LogP contribution in [0.1, 0.15) is 29.0 Å². The number of likely N-dealkylation sites (tertiary alicyclic amines) is 1. The highest BCUT2D eigenvalue weighted by Crippen LogP contribution is 2.36. The van der Waals surface area contributed by atoms with Gasteiger partial charge in [-0.05, 0) is 19.9 Å². The maximum absolute atomic E-state index is 12.3. The molecule has 1 saturated heterocycles. The molecule has 0 spiro atoms. The molecule has 0 bridgehead atoms. The van der Waals surface area contributed by atoms with Crippen LogP contribution in [0.2, 0.25) is 0 Å². The van der Waals surface area contributed by atoms with E-state index in [1.165, 1.54) is 28.6 Å². The summed E-state index contributed by atoms with van der Waals surface area (Å²) >= 11 is 0. The molecule has 2 aliphatic heterocycles. The Labute approximate surface area is 192 Å². The van der Waals surface area contributed by atoms with Gasteiger partial charge in [0.05, 0.1) is 18.8 Å². The Bertz CT molecular complexity index is 1070. The molecule has 1 fully saturated rings. The molecule has 0 saturated carbocycles. The van der Waals surface area contributed by atoms with Crippen LogP contribution in [0, 0.1) is 6.92 Å². The fourth-order valence-corrected chi connectivity index (χ4v) is 6.21. The Kier molecular flexibility index (Phi) is 7.10. The van der Waals surface area contributed by atoms with Gasteiger partial charge in [0.25, 0.3) is 0 Å². The van der Waals surface area contributed by atoms with Crippen LogP contribution in [0.5, 0.6) is 0 Å². The Balaban J connectivity index is 1.50. The van der Waals surface area contributed by atoms with Crippen molar-refractivity contribution in [2.75, 3.05) is 46.2 Å². The number of nitrogens with zero attached hydrogens (tertiary/aromatic N) is 3. The normalized spacial score (nSPS) is 21.2. The number of para-hydroxylation sites is 1. The fraction of sp³-hybridized carbons (Fsp3) is 0.480. The first-order chi connectivity index (χ1) is 15.4. The molecule has 0 aliphatic carbocycles. The summed E-state index contributed by atoms with van der Waals surface area (Å²) in [6, 6.07) is 17.1. The summed E-state index contributed by atoms with van der Waals surface area (Å²) in [6.07, 6.45) is 4.52. The number of sulfonamides is 1. The van der Waals surface area contributed by atoms with Gasteiger partial charge in [0, 0.05) is 49.5 Å². The van der Waals surface area contributed by atoms with Crippen LogP contribution in [-0.4, -0.2) is 80.6 Å². The monoisotopic (exact) mass is 456 g/mol. The zero-order chi connectivity index (χ0) is 22.7. The van der Waals surface area contributed by atoms with Crippen LogP contribution in [0.15, 0.2) is 48.5 Å². The lowest BCUT2D eigenvalue weighted by molar-refractivity contribution is -0.451. The molecule has 0 amide bonds. The Hall–Kier alpha value is -2.06. The van der Waals surface area contributed by atoms with Crippen molar-refractivity contribution >= 4 is 21.9 Å². The van der Waals surface area contributed by atoms with Crippen molar-refractivity contribution in [1.29, 1.82) is 0 Å². The number of aryl methyl sites for hydroxylation is 1. The molecular weight excluding hydrogens is 422 g/mol. The summed E-state index contributed by atoms with van der Waals surface area (Å²) < 4.78 is 33.8. The largest absolute Gasteiger partial charge is 0.383 e. The van der Waals surface area contributed by atoms with Gasteiger partial charge in [0.1, 0.15) is 0 Å². The molecule has 0 aromatic heterocycles. The maximum Gasteiger partial charge on any atom is 0.212 e. The standard InChI is InChI=1S/C25H34N3O3S/c1-20-8-7-11-24-22(18-27(25(20)24)16-21-9-5-4-6-10-21)17-26-13-12-23(19-26)28(14-15-31-2)32(3,29)30/h4-11,18,22-23H,12-17,19H2,1-3H3/q+1. The zero-order valence-electron chi connectivity index (χ0n) is 19.3. The second kappa shape index (κ2) is 9.83. The van der Waals surface area contributed by atoms with Crippen molar-refractivity contribution in [2.24, 2.45) is 0 Å². The molecule has 2 aromatic rings. The van der Waals surface area contributed by atoms with E-state index in [1.54, 1.807) is 11.4 Å². The van der Waals surface area contributed by atoms with Crippen molar-refractivity contribution < 1.29 is 17.7 Å². The van der Waals surface area contributed by atoms with Gasteiger partial charge < -0.3 is 9.64 Å². The highest BCUT2D eigenvalue weighted by molar-refractivity contribution is 7.88. The van der Waals surface area contributed by atoms with Crippen LogP contribution in [0.3, 0.4) is 0 Å². The highest BCUT2D eigenvalue weighted by atomic mass is 32.2. The molecule has 2 aliphatic rings. The summed E-state index contributed by atoms with van der Waals surface area (Å²) in [7, 11) is -1.65. The lowest BCUT2D eigenvalue weighted by Crippen LogP contribution is -2.43. The summed E-state index contributed by atoms with van der Waals surface area (Å²) in [4.78, 5) is 2.41. The second-order valence-electron chi connectivity index (χ2n) is 8.95. The quantitative estimate of drug-likeness (QED) is 0.545. The average Bonchev–Trinajstić information content (AvgIpc) is 3.34. The SMILES string of the molecule is COCCN(C1CCN(CC2C=[N+](Cc3ccccc3)c3c(C)cccc32)C1)S(C)(=O)=O. The van der Waals surface area contributed by atoms with Gasteiger partial charge in [-0.3, -0.25) is 0 Å². The van der Waals surface area contributed by atoms with E-state index in [0.29, 0.717) is 19.1 Å². The Morgan fingerprint density at radius 1 is 1.16 bits per heavy atom. The maximum atomic E-state index is 12.3. The number of ether oxygens (including phenoxy) is 1. The topological polar surface area (TPSA) is 52.9 Å². The van der Waals surface area contributed by atoms with Gasteiger partial charge >= 0.3 is 0 Å². The van der Waals surface area contributed by atoms with E-state index in [4.69, 9.17) is 4.74 Å². The van der Waals surface area contributed by atoms with Crippen molar-refractivity contribution in [1.82, 2.24) is 9.21 Å². The predicted octanol–water partition coefficient (Wildman–Crippen LogP) is 2.99. The van der Waals surface area contributed by atoms with Gasteiger partial charge in [-0.1, -0.05) is 48.5 Å². The Morgan fingerprint density at radius 2 is 1.94 bits per heavy atom. The molecule has 32 heavy (non-hydrogen) atoms. The molecule has 0 N–H and O–H groups in total. The van der Waals surface area contributed by atoms with Gasteiger partial charge in [-0.25, -0.2) is 8.42 Å². The number of rotatable bonds is 9. The molecule has 2 aromatic carbocycles. The highest BCUT2D eigenvalue weighted by Gasteiger charge is 2.37. The lowest BCUT2D eigenvalue weighted by atomic mass is 9.98. The van der Waals surface area contributed by atoms with E-state index in [1.807, 2.05) is 0 Å². The van der Waals surface area contributed by atoms with Gasteiger partial charge in [0.2, 0.25) is 15.7 Å². The van der Waals surface area contributed by atoms with Crippen molar-refractivity contribution in [2.45, 2.75) is 31.8 Å². The van der Waals surface area contributed by atoms with E-state index in [-0.39, 0.29) is 6.04 Å². The third-order valence-corrected chi connectivity index (χ3v) is 7.90. The third kappa shape index (κ3) is 5.12. The lowest BCUT2D eigenvalue weighted by Gasteiger charge is -2.26. The molecular formula is C25H34N3O3S+. The first kappa shape index (κ1) is 23.1. The average molecular weight is 457 g/mol. The molecule has 2 heterocycles. The van der Waals surface area contributed by atoms with Crippen molar-refractivity contribution in [3.63, 3.8) is 0 Å². The van der Waals surface area contributed by atoms with E-state index in [9.17, 15) is 8.42 Å². The second-order valence-corrected chi connectivity index (χ2v) is 10.9. The van der Waals surface area contributed by atoms with Crippen LogP contribution in [0.4, 0.5) is 5.69 Å². The summed E-state index contributed by atoms with van der Waals surface area (Å²) in [6.45, 7) is 6.45. The van der Waals surface area contributed by atoms with Crippen LogP contribution in [-0.2, 0) is 21.3 Å². The zero-order valence-corrected chi connectivity index (χ0v) is 20.1. The molecule has 0 radical (unpaired) electrons. The minimum absolute atomic E-state index is 0.0129. The molecule has 2 atom stereocenters. The van der Waals surface area contributed by atoms with Gasteiger partial charge in [0.15, 0.2) is 12.8 Å². The first-order valence-electron chi connectivity index (χ1n) is 11.3. The number of methoxy groups -OCH3 is 1. The summed E-state index contributed by atoms with van der Waals surface area (Å²) in [5, 5.41) is 0. The molecule has 7 heteroatoms. The van der Waals surface area contributed by atoms with Crippen LogP contribution >= 0.6 is 0 Å². The van der Waals surface area contributed by atoms with E-state index in [0.717, 1.165) is 32.6 Å².